The second-order valence-electron chi connectivity index (χ2n) is 2.89. The first kappa shape index (κ1) is 14.4. The van der Waals surface area contributed by atoms with E-state index in [-0.39, 0.29) is 19.6 Å². The molecular formula is C9H16N2O5. The molecule has 7 heteroatoms. The zero-order chi connectivity index (χ0) is 12.6. The molecule has 0 bridgehead atoms. The minimum atomic E-state index is -1.07. The zero-order valence-electron chi connectivity index (χ0n) is 9.28. The van der Waals surface area contributed by atoms with Crippen LogP contribution in [0.25, 0.3) is 0 Å². The van der Waals surface area contributed by atoms with Gasteiger partial charge in [0.2, 0.25) is 0 Å². The van der Waals surface area contributed by atoms with Crippen LogP contribution < -0.4 is 10.6 Å². The number of aliphatic hydroxyl groups is 1. The Hall–Kier alpha value is -1.63. The first-order valence-electron chi connectivity index (χ1n) is 4.93. The number of carbonyl (C=O) groups excluding carboxylic acids is 3. The lowest BCUT2D eigenvalue weighted by molar-refractivity contribution is -0.145. The molecule has 0 heterocycles. The van der Waals surface area contributed by atoms with Gasteiger partial charge in [-0.2, -0.15) is 0 Å². The first-order valence-corrected chi connectivity index (χ1v) is 4.93. The van der Waals surface area contributed by atoms with E-state index in [1.165, 1.54) is 0 Å². The summed E-state index contributed by atoms with van der Waals surface area (Å²) in [6, 6.07) is 0. The van der Waals surface area contributed by atoms with Crippen LogP contribution in [-0.4, -0.2) is 42.3 Å². The molecule has 1 atom stereocenters. The van der Waals surface area contributed by atoms with Gasteiger partial charge in [0.1, 0.15) is 12.8 Å². The third-order valence-electron chi connectivity index (χ3n) is 1.59. The van der Waals surface area contributed by atoms with Crippen molar-refractivity contribution in [1.82, 2.24) is 10.6 Å². The Balaban J connectivity index is 3.88. The molecule has 92 valence electrons. The summed E-state index contributed by atoms with van der Waals surface area (Å²) in [5.74, 6) is -2.60. The Bertz CT molecular complexity index is 267. The summed E-state index contributed by atoms with van der Waals surface area (Å²) in [5, 5.41) is 13.1. The summed E-state index contributed by atoms with van der Waals surface area (Å²) >= 11 is 0. The minimum absolute atomic E-state index is 0.204. The van der Waals surface area contributed by atoms with Crippen molar-refractivity contribution in [2.45, 2.75) is 26.5 Å². The Labute approximate surface area is 93.2 Å². The van der Waals surface area contributed by atoms with Crippen LogP contribution in [0.2, 0.25) is 0 Å². The summed E-state index contributed by atoms with van der Waals surface area (Å²) in [4.78, 5) is 32.9. The largest absolute Gasteiger partial charge is 0.465 e. The van der Waals surface area contributed by atoms with Crippen LogP contribution in [0.4, 0.5) is 0 Å². The predicted molar refractivity (Wildman–Crippen MR) is 54.1 cm³/mol. The van der Waals surface area contributed by atoms with Gasteiger partial charge in [0.25, 0.3) is 0 Å². The number of nitrogens with one attached hydrogen (secondary N) is 2. The summed E-state index contributed by atoms with van der Waals surface area (Å²) in [5.41, 5.74) is 0. The first-order chi connectivity index (χ1) is 7.51. The van der Waals surface area contributed by atoms with Crippen LogP contribution in [0.3, 0.4) is 0 Å². The van der Waals surface area contributed by atoms with Gasteiger partial charge in [0, 0.05) is 0 Å². The number of hydrogen-bond donors (Lipinski definition) is 3. The lowest BCUT2D eigenvalue weighted by Crippen LogP contribution is -2.45. The molecule has 0 radical (unpaired) electrons. The highest BCUT2D eigenvalue weighted by atomic mass is 16.5. The van der Waals surface area contributed by atoms with Gasteiger partial charge in [-0.3, -0.25) is 14.4 Å². The second kappa shape index (κ2) is 7.63. The average Bonchev–Trinajstić information content (AvgIpc) is 2.25. The molecule has 3 N–H and O–H groups in total. The van der Waals surface area contributed by atoms with Crippen molar-refractivity contribution in [3.05, 3.63) is 0 Å². The molecule has 0 fully saturated rings. The molecule has 0 aromatic heterocycles. The van der Waals surface area contributed by atoms with Crippen LogP contribution in [0, 0.1) is 0 Å². The maximum Gasteiger partial charge on any atom is 0.325 e. The SMILES string of the molecule is CCOC(=O)CNC(=O)C(=O)NC(O)CC. The normalized spacial score (nSPS) is 11.4. The van der Waals surface area contributed by atoms with Crippen molar-refractivity contribution in [3.63, 3.8) is 0 Å². The highest BCUT2D eigenvalue weighted by molar-refractivity contribution is 6.35. The average molecular weight is 232 g/mol. The van der Waals surface area contributed by atoms with Crippen LogP contribution in [0.5, 0.6) is 0 Å². The van der Waals surface area contributed by atoms with E-state index in [9.17, 15) is 14.4 Å². The summed E-state index contributed by atoms with van der Waals surface area (Å²) in [7, 11) is 0. The minimum Gasteiger partial charge on any atom is -0.465 e. The molecule has 0 spiro atoms. The molecule has 0 saturated heterocycles. The van der Waals surface area contributed by atoms with Crippen molar-refractivity contribution in [2.75, 3.05) is 13.2 Å². The number of aliphatic hydroxyl groups excluding tert-OH is 1. The lowest BCUT2D eigenvalue weighted by Gasteiger charge is -2.09. The Morgan fingerprint density at radius 1 is 1.25 bits per heavy atom. The van der Waals surface area contributed by atoms with Gasteiger partial charge in [-0.1, -0.05) is 6.92 Å². The van der Waals surface area contributed by atoms with E-state index in [1.807, 2.05) is 5.32 Å². The van der Waals surface area contributed by atoms with Crippen molar-refractivity contribution in [1.29, 1.82) is 0 Å². The molecule has 0 saturated carbocycles. The molecule has 0 aliphatic heterocycles. The fourth-order valence-corrected chi connectivity index (χ4v) is 0.764. The highest BCUT2D eigenvalue weighted by Crippen LogP contribution is 1.83. The van der Waals surface area contributed by atoms with E-state index in [4.69, 9.17) is 5.11 Å². The second-order valence-corrected chi connectivity index (χ2v) is 2.89. The fraction of sp³-hybridized carbons (Fsp3) is 0.667. The molecule has 16 heavy (non-hydrogen) atoms. The van der Waals surface area contributed by atoms with Gasteiger partial charge < -0.3 is 20.5 Å². The van der Waals surface area contributed by atoms with E-state index in [0.29, 0.717) is 0 Å². The molecule has 0 aromatic carbocycles. The Kier molecular flexibility index (Phi) is 6.86. The zero-order valence-corrected chi connectivity index (χ0v) is 9.28. The number of amides is 2. The third kappa shape index (κ3) is 5.97. The fourth-order valence-electron chi connectivity index (χ4n) is 0.764. The number of ether oxygens (including phenoxy) is 1. The monoisotopic (exact) mass is 232 g/mol. The molecule has 0 rings (SSSR count). The molecule has 0 aliphatic rings. The maximum atomic E-state index is 11.1. The van der Waals surface area contributed by atoms with Crippen molar-refractivity contribution < 1.29 is 24.2 Å². The lowest BCUT2D eigenvalue weighted by atomic mass is 10.4. The molecule has 7 nitrogen and oxygen atoms in total. The van der Waals surface area contributed by atoms with E-state index in [2.05, 4.69) is 10.1 Å². The summed E-state index contributed by atoms with van der Waals surface area (Å²) < 4.78 is 4.54. The van der Waals surface area contributed by atoms with Gasteiger partial charge in [-0.05, 0) is 13.3 Å². The topological polar surface area (TPSA) is 105 Å². The van der Waals surface area contributed by atoms with Gasteiger partial charge in [0.15, 0.2) is 0 Å². The number of esters is 1. The van der Waals surface area contributed by atoms with Crippen molar-refractivity contribution in [3.8, 4) is 0 Å². The molecule has 0 aromatic rings. The summed E-state index contributed by atoms with van der Waals surface area (Å²) in [6.07, 6.45) is -0.780. The van der Waals surface area contributed by atoms with Gasteiger partial charge >= 0.3 is 17.8 Å². The van der Waals surface area contributed by atoms with E-state index in [1.54, 1.807) is 13.8 Å². The van der Waals surface area contributed by atoms with Gasteiger partial charge in [-0.25, -0.2) is 0 Å². The van der Waals surface area contributed by atoms with Crippen LogP contribution in [0.1, 0.15) is 20.3 Å². The van der Waals surface area contributed by atoms with Gasteiger partial charge in [0.05, 0.1) is 6.61 Å². The molecular weight excluding hydrogens is 216 g/mol. The third-order valence-corrected chi connectivity index (χ3v) is 1.59. The number of hydrogen-bond acceptors (Lipinski definition) is 5. The van der Waals surface area contributed by atoms with Crippen molar-refractivity contribution >= 4 is 17.8 Å². The Morgan fingerprint density at radius 2 is 1.88 bits per heavy atom. The number of rotatable bonds is 5. The standard InChI is InChI=1S/C9H16N2O5/c1-3-6(12)11-9(15)8(14)10-5-7(13)16-4-2/h6,12H,3-5H2,1-2H3,(H,10,14)(H,11,15). The summed E-state index contributed by atoms with van der Waals surface area (Å²) in [6.45, 7) is 3.10. The van der Waals surface area contributed by atoms with Crippen molar-refractivity contribution in [2.24, 2.45) is 0 Å². The molecule has 0 aliphatic carbocycles. The molecule has 1 unspecified atom stereocenters. The maximum absolute atomic E-state index is 11.1. The van der Waals surface area contributed by atoms with E-state index < -0.39 is 24.0 Å². The van der Waals surface area contributed by atoms with E-state index in [0.717, 1.165) is 0 Å². The molecule has 2 amide bonds. The van der Waals surface area contributed by atoms with Crippen LogP contribution in [-0.2, 0) is 19.1 Å². The highest BCUT2D eigenvalue weighted by Gasteiger charge is 2.16. The van der Waals surface area contributed by atoms with Crippen LogP contribution in [0.15, 0.2) is 0 Å². The smallest absolute Gasteiger partial charge is 0.325 e. The van der Waals surface area contributed by atoms with Gasteiger partial charge in [-0.15, -0.1) is 0 Å². The van der Waals surface area contributed by atoms with Crippen LogP contribution >= 0.6 is 0 Å². The Morgan fingerprint density at radius 3 is 2.38 bits per heavy atom. The van der Waals surface area contributed by atoms with E-state index >= 15 is 0 Å². The number of carbonyl (C=O) groups is 3. The quantitative estimate of drug-likeness (QED) is 0.304. The predicted octanol–water partition coefficient (Wildman–Crippen LogP) is -1.49.